The summed E-state index contributed by atoms with van der Waals surface area (Å²) in [6.07, 6.45) is 5.88. The Morgan fingerprint density at radius 2 is 1.62 bits per heavy atom. The molecule has 1 unspecified atom stereocenters. The van der Waals surface area contributed by atoms with Crippen molar-refractivity contribution in [2.75, 3.05) is 26.2 Å². The van der Waals surface area contributed by atoms with Crippen molar-refractivity contribution in [1.82, 2.24) is 19.6 Å². The first-order valence-electron chi connectivity index (χ1n) is 12.4. The van der Waals surface area contributed by atoms with Crippen molar-refractivity contribution in [2.24, 2.45) is 5.92 Å². The van der Waals surface area contributed by atoms with Crippen LogP contribution in [0, 0.1) is 5.92 Å². The molecule has 3 aliphatic heterocycles. The van der Waals surface area contributed by atoms with Crippen LogP contribution >= 0.6 is 0 Å². The lowest BCUT2D eigenvalue weighted by molar-refractivity contribution is -0.136. The van der Waals surface area contributed by atoms with Gasteiger partial charge in [-0.25, -0.2) is 4.79 Å². The highest BCUT2D eigenvalue weighted by Gasteiger charge is 2.52. The number of hydrogen-bond acceptors (Lipinski definition) is 6. The van der Waals surface area contributed by atoms with E-state index in [0.717, 1.165) is 18.3 Å². The second-order valence-electron chi connectivity index (χ2n) is 11.8. The van der Waals surface area contributed by atoms with Gasteiger partial charge in [0.05, 0.1) is 23.2 Å². The number of likely N-dealkylation sites (tertiary alicyclic amines) is 2. The number of ether oxygens (including phenoxy) is 1. The van der Waals surface area contributed by atoms with Gasteiger partial charge in [0.15, 0.2) is 0 Å². The quantitative estimate of drug-likeness (QED) is 0.627. The maximum absolute atomic E-state index is 13.1. The summed E-state index contributed by atoms with van der Waals surface area (Å²) in [5.74, 6) is -0.00775. The fraction of sp³-hybridized carbons (Fsp3) is 0.792. The third kappa shape index (κ3) is 5.12. The van der Waals surface area contributed by atoms with Gasteiger partial charge in [-0.05, 0) is 67.7 Å². The molecule has 0 spiro atoms. The molecule has 3 fully saturated rings. The molecule has 0 bridgehead atoms. The van der Waals surface area contributed by atoms with Gasteiger partial charge in [0.2, 0.25) is 5.91 Å². The summed E-state index contributed by atoms with van der Waals surface area (Å²) in [6, 6.07) is 0.238. The van der Waals surface area contributed by atoms with Gasteiger partial charge in [0, 0.05) is 44.0 Å². The van der Waals surface area contributed by atoms with Crippen LogP contribution in [0.1, 0.15) is 73.8 Å². The van der Waals surface area contributed by atoms with E-state index in [1.807, 2.05) is 70.4 Å². The van der Waals surface area contributed by atoms with Gasteiger partial charge in [-0.1, -0.05) is 0 Å². The lowest BCUT2D eigenvalue weighted by atomic mass is 9.82. The average Bonchev–Trinajstić information content (AvgIpc) is 3.45. The Morgan fingerprint density at radius 3 is 2.21 bits per heavy atom. The molecule has 9 nitrogen and oxygen atoms in total. The zero-order valence-electron chi connectivity index (χ0n) is 21.7. The maximum atomic E-state index is 13.1. The molecule has 34 heavy (non-hydrogen) atoms. The highest BCUT2D eigenvalue weighted by molar-refractivity contribution is 6.62. The van der Waals surface area contributed by atoms with E-state index in [4.69, 9.17) is 14.0 Å². The Morgan fingerprint density at radius 1 is 1.03 bits per heavy atom. The molecule has 0 saturated carbocycles. The van der Waals surface area contributed by atoms with Crippen molar-refractivity contribution < 1.29 is 23.6 Å². The number of rotatable bonds is 3. The van der Waals surface area contributed by atoms with Gasteiger partial charge < -0.3 is 23.8 Å². The Balaban J connectivity index is 1.28. The number of carbonyl (C=O) groups is 2. The zero-order valence-corrected chi connectivity index (χ0v) is 21.7. The lowest BCUT2D eigenvalue weighted by Gasteiger charge is -2.33. The van der Waals surface area contributed by atoms with Crippen LogP contribution < -0.4 is 5.46 Å². The lowest BCUT2D eigenvalue weighted by Crippen LogP contribution is -2.43. The van der Waals surface area contributed by atoms with Crippen molar-refractivity contribution in [1.29, 1.82) is 0 Å². The van der Waals surface area contributed by atoms with E-state index in [1.165, 1.54) is 0 Å². The van der Waals surface area contributed by atoms with E-state index >= 15 is 0 Å². The molecule has 4 rings (SSSR count). The summed E-state index contributed by atoms with van der Waals surface area (Å²) >= 11 is 0. The predicted molar refractivity (Wildman–Crippen MR) is 129 cm³/mol. The Bertz CT molecular complexity index is 901. The number of hydrogen-bond donors (Lipinski definition) is 0. The van der Waals surface area contributed by atoms with Gasteiger partial charge in [-0.3, -0.25) is 9.48 Å². The number of piperidine rings is 1. The molecule has 1 atom stereocenters. The fourth-order valence-electron chi connectivity index (χ4n) is 4.72. The van der Waals surface area contributed by atoms with Crippen LogP contribution in [-0.2, 0) is 18.8 Å². The summed E-state index contributed by atoms with van der Waals surface area (Å²) < 4.78 is 19.7. The average molecular weight is 474 g/mol. The molecule has 3 aliphatic rings. The minimum atomic E-state index is -0.532. The van der Waals surface area contributed by atoms with Crippen molar-refractivity contribution in [3.63, 3.8) is 0 Å². The molecule has 4 heterocycles. The first-order valence-corrected chi connectivity index (χ1v) is 12.4. The van der Waals surface area contributed by atoms with Crippen LogP contribution in [0.15, 0.2) is 12.4 Å². The number of aromatic nitrogens is 2. The Hall–Kier alpha value is -2.07. The molecule has 0 radical (unpaired) electrons. The molecular weight excluding hydrogens is 435 g/mol. The third-order valence-electron chi connectivity index (χ3n) is 7.49. The second-order valence-corrected chi connectivity index (χ2v) is 11.8. The molecule has 0 aromatic carbocycles. The normalized spacial score (nSPS) is 25.1. The molecule has 2 amide bonds. The summed E-state index contributed by atoms with van der Waals surface area (Å²) in [7, 11) is -0.421. The molecule has 0 aliphatic carbocycles. The maximum Gasteiger partial charge on any atom is 0.498 e. The van der Waals surface area contributed by atoms with Crippen LogP contribution in [0.2, 0.25) is 0 Å². The van der Waals surface area contributed by atoms with Crippen LogP contribution in [0.25, 0.3) is 0 Å². The molecule has 3 saturated heterocycles. The number of carbonyl (C=O) groups excluding carboxylic acids is 2. The molecule has 1 aromatic heterocycles. The van der Waals surface area contributed by atoms with Crippen LogP contribution in [0.3, 0.4) is 0 Å². The van der Waals surface area contributed by atoms with E-state index in [1.54, 1.807) is 4.90 Å². The minimum absolute atomic E-state index is 0.142. The van der Waals surface area contributed by atoms with Gasteiger partial charge in [0.25, 0.3) is 0 Å². The first kappa shape index (κ1) is 25.0. The molecule has 188 valence electrons. The first-order chi connectivity index (χ1) is 15.8. The zero-order chi connectivity index (χ0) is 24.9. The fourth-order valence-corrected chi connectivity index (χ4v) is 4.72. The molecule has 0 N–H and O–H groups in total. The third-order valence-corrected chi connectivity index (χ3v) is 7.49. The Labute approximate surface area is 203 Å². The summed E-state index contributed by atoms with van der Waals surface area (Å²) in [4.78, 5) is 29.0. The van der Waals surface area contributed by atoms with Gasteiger partial charge in [-0.2, -0.15) is 5.10 Å². The predicted octanol–water partition coefficient (Wildman–Crippen LogP) is 2.60. The molecule has 10 heteroatoms. The standard InChI is InChI=1S/C24H39BN4O5/c1-22(2,3)32-21(31)28-11-8-17(15-28)20(30)27-12-9-19(10-13-27)29-16-18(14-26-29)25-33-23(4,5)24(6,7)34-25/h14,16-17,19H,8-13,15H2,1-7H3. The Kier molecular flexibility index (Phi) is 6.53. The van der Waals surface area contributed by atoms with Crippen molar-refractivity contribution in [3.05, 3.63) is 12.4 Å². The summed E-state index contributed by atoms with van der Waals surface area (Å²) in [5, 5.41) is 4.58. The van der Waals surface area contributed by atoms with Gasteiger partial charge in [-0.15, -0.1) is 0 Å². The number of nitrogens with zero attached hydrogens (tertiary/aromatic N) is 4. The topological polar surface area (TPSA) is 86.1 Å². The second kappa shape index (κ2) is 8.86. The van der Waals surface area contributed by atoms with E-state index in [2.05, 4.69) is 5.10 Å². The van der Waals surface area contributed by atoms with Gasteiger partial charge in [0.1, 0.15) is 5.60 Å². The SMILES string of the molecule is CC(C)(C)OC(=O)N1CCC(C(=O)N2CCC(n3cc(B4OC(C)(C)C(C)(C)O4)cn3)CC2)C1. The van der Waals surface area contributed by atoms with Crippen LogP contribution in [-0.4, -0.2) is 81.7 Å². The highest BCUT2D eigenvalue weighted by Crippen LogP contribution is 2.36. The summed E-state index contributed by atoms with van der Waals surface area (Å²) in [5.41, 5.74) is -0.379. The van der Waals surface area contributed by atoms with Crippen molar-refractivity contribution in [2.45, 2.75) is 90.6 Å². The summed E-state index contributed by atoms with van der Waals surface area (Å²) in [6.45, 7) is 16.1. The van der Waals surface area contributed by atoms with Crippen LogP contribution in [0.4, 0.5) is 4.79 Å². The highest BCUT2D eigenvalue weighted by atomic mass is 16.7. The van der Waals surface area contributed by atoms with E-state index < -0.39 is 12.7 Å². The van der Waals surface area contributed by atoms with Gasteiger partial charge >= 0.3 is 13.2 Å². The van der Waals surface area contributed by atoms with Crippen molar-refractivity contribution in [3.8, 4) is 0 Å². The van der Waals surface area contributed by atoms with E-state index in [-0.39, 0.29) is 35.2 Å². The number of amides is 2. The monoisotopic (exact) mass is 474 g/mol. The smallest absolute Gasteiger partial charge is 0.444 e. The van der Waals surface area contributed by atoms with E-state index in [9.17, 15) is 9.59 Å². The molecule has 1 aromatic rings. The largest absolute Gasteiger partial charge is 0.498 e. The van der Waals surface area contributed by atoms with E-state index in [0.29, 0.717) is 32.6 Å². The van der Waals surface area contributed by atoms with Crippen LogP contribution in [0.5, 0.6) is 0 Å². The van der Waals surface area contributed by atoms with Crippen molar-refractivity contribution >= 4 is 24.6 Å². The molecular formula is C24H39BN4O5. The minimum Gasteiger partial charge on any atom is -0.444 e.